The molecule has 0 aromatic heterocycles. The Labute approximate surface area is 129 Å². The van der Waals surface area contributed by atoms with Crippen molar-refractivity contribution in [3.8, 4) is 0 Å². The second kappa shape index (κ2) is 6.60. The van der Waals surface area contributed by atoms with Gasteiger partial charge in [-0.2, -0.15) is 0 Å². The average Bonchev–Trinajstić information content (AvgIpc) is 2.42. The molecule has 1 N–H and O–H groups in total. The summed E-state index contributed by atoms with van der Waals surface area (Å²) in [6.45, 7) is 7.06. The van der Waals surface area contributed by atoms with Crippen molar-refractivity contribution in [2.45, 2.75) is 38.8 Å². The second-order valence-corrected chi connectivity index (χ2v) is 6.45. The lowest BCUT2D eigenvalue weighted by atomic mass is 10.0. The smallest absolute Gasteiger partial charge is 0.410 e. The van der Waals surface area contributed by atoms with Crippen LogP contribution >= 0.6 is 0 Å². The van der Waals surface area contributed by atoms with Gasteiger partial charge in [-0.05, 0) is 38.8 Å². The zero-order valence-electron chi connectivity index (χ0n) is 13.2. The number of hydrogen-bond acceptors (Lipinski definition) is 3. The topological polar surface area (TPSA) is 41.6 Å². The van der Waals surface area contributed by atoms with Crippen molar-refractivity contribution < 1.29 is 18.3 Å². The molecule has 0 radical (unpaired) electrons. The fraction of sp³-hybridized carbons (Fsp3) is 0.562. The molecule has 1 aliphatic heterocycles. The van der Waals surface area contributed by atoms with Crippen LogP contribution in [0, 0.1) is 11.6 Å². The first kappa shape index (κ1) is 16.7. The molecule has 6 heteroatoms. The maximum Gasteiger partial charge on any atom is 0.410 e. The van der Waals surface area contributed by atoms with Crippen molar-refractivity contribution in [1.29, 1.82) is 0 Å². The molecule has 1 aromatic rings. The van der Waals surface area contributed by atoms with Crippen LogP contribution in [0.4, 0.5) is 13.6 Å². The number of hydrogen-bond donors (Lipinski definition) is 1. The molecule has 0 spiro atoms. The molecule has 1 amide bonds. The van der Waals surface area contributed by atoms with E-state index in [4.69, 9.17) is 4.74 Å². The van der Waals surface area contributed by atoms with E-state index in [1.807, 2.05) is 0 Å². The number of ether oxygens (including phenoxy) is 1. The van der Waals surface area contributed by atoms with Gasteiger partial charge in [0, 0.05) is 19.6 Å². The number of amides is 1. The average molecular weight is 312 g/mol. The lowest BCUT2D eigenvalue weighted by molar-refractivity contribution is 0.0121. The van der Waals surface area contributed by atoms with E-state index in [0.29, 0.717) is 19.6 Å². The number of nitrogens with one attached hydrogen (secondary N) is 1. The van der Waals surface area contributed by atoms with Crippen molar-refractivity contribution in [3.63, 3.8) is 0 Å². The lowest BCUT2D eigenvalue weighted by Gasteiger charge is -2.37. The summed E-state index contributed by atoms with van der Waals surface area (Å²) in [5, 5.41) is 3.17. The summed E-state index contributed by atoms with van der Waals surface area (Å²) in [6.07, 6.45) is -0.175. The summed E-state index contributed by atoms with van der Waals surface area (Å²) in [5.74, 6) is -1.72. The van der Waals surface area contributed by atoms with Crippen LogP contribution in [0.15, 0.2) is 18.2 Å². The molecule has 1 atom stereocenters. The monoisotopic (exact) mass is 312 g/mol. The van der Waals surface area contributed by atoms with Crippen molar-refractivity contribution >= 4 is 6.09 Å². The Kier molecular flexibility index (Phi) is 5.01. The summed E-state index contributed by atoms with van der Waals surface area (Å²) < 4.78 is 32.5. The van der Waals surface area contributed by atoms with E-state index in [1.54, 1.807) is 31.7 Å². The Morgan fingerprint density at radius 1 is 1.41 bits per heavy atom. The molecule has 1 heterocycles. The second-order valence-electron chi connectivity index (χ2n) is 6.45. The van der Waals surface area contributed by atoms with Crippen molar-refractivity contribution in [3.05, 3.63) is 35.4 Å². The van der Waals surface area contributed by atoms with E-state index < -0.39 is 23.3 Å². The van der Waals surface area contributed by atoms with E-state index in [2.05, 4.69) is 5.32 Å². The van der Waals surface area contributed by atoms with Crippen LogP contribution in [-0.2, 0) is 11.2 Å². The number of benzene rings is 1. The Hall–Kier alpha value is -1.69. The molecule has 1 saturated heterocycles. The molecule has 22 heavy (non-hydrogen) atoms. The molecule has 1 unspecified atom stereocenters. The Balaban J connectivity index is 2.13. The highest BCUT2D eigenvalue weighted by Crippen LogP contribution is 2.19. The minimum atomic E-state index is -0.870. The van der Waals surface area contributed by atoms with Crippen LogP contribution in [0.25, 0.3) is 0 Å². The minimum absolute atomic E-state index is 0.246. The molecule has 0 bridgehead atoms. The number of piperazine rings is 1. The molecular formula is C16H22F2N2O2. The number of carbonyl (C=O) groups excluding carboxylic acids is 1. The predicted molar refractivity (Wildman–Crippen MR) is 79.7 cm³/mol. The molecule has 122 valence electrons. The largest absolute Gasteiger partial charge is 0.444 e. The number of halogens is 2. The van der Waals surface area contributed by atoms with Crippen LogP contribution in [-0.4, -0.2) is 42.3 Å². The Morgan fingerprint density at radius 2 is 2.14 bits per heavy atom. The van der Waals surface area contributed by atoms with Gasteiger partial charge in [0.05, 0.1) is 6.04 Å². The molecule has 1 fully saturated rings. The highest BCUT2D eigenvalue weighted by Gasteiger charge is 2.31. The van der Waals surface area contributed by atoms with Crippen molar-refractivity contribution in [2.24, 2.45) is 0 Å². The van der Waals surface area contributed by atoms with Crippen molar-refractivity contribution in [1.82, 2.24) is 10.2 Å². The summed E-state index contributed by atoms with van der Waals surface area (Å²) >= 11 is 0. The van der Waals surface area contributed by atoms with Gasteiger partial charge < -0.3 is 15.0 Å². The quantitative estimate of drug-likeness (QED) is 0.913. The Bertz CT molecular complexity index is 543. The van der Waals surface area contributed by atoms with Crippen molar-refractivity contribution in [2.75, 3.05) is 19.6 Å². The summed E-state index contributed by atoms with van der Waals surface area (Å²) in [5.41, 5.74) is -0.321. The van der Waals surface area contributed by atoms with E-state index in [1.165, 1.54) is 6.07 Å². The molecular weight excluding hydrogens is 290 g/mol. The lowest BCUT2D eigenvalue weighted by Crippen LogP contribution is -2.55. The van der Waals surface area contributed by atoms with Gasteiger partial charge in [-0.25, -0.2) is 13.6 Å². The predicted octanol–water partition coefficient (Wildman–Crippen LogP) is 2.72. The molecule has 0 saturated carbocycles. The summed E-state index contributed by atoms with van der Waals surface area (Å²) in [7, 11) is 0. The first-order valence-electron chi connectivity index (χ1n) is 7.41. The molecule has 2 rings (SSSR count). The number of nitrogens with zero attached hydrogens (tertiary/aromatic N) is 1. The van der Waals surface area contributed by atoms with Gasteiger partial charge in [0.2, 0.25) is 0 Å². The van der Waals surface area contributed by atoms with Crippen LogP contribution in [0.2, 0.25) is 0 Å². The third kappa shape index (κ3) is 4.16. The molecule has 0 aliphatic carbocycles. The fourth-order valence-electron chi connectivity index (χ4n) is 2.46. The summed E-state index contributed by atoms with van der Waals surface area (Å²) in [6, 6.07) is 3.84. The molecule has 1 aromatic carbocycles. The maximum atomic E-state index is 13.8. The summed E-state index contributed by atoms with van der Waals surface area (Å²) in [4.78, 5) is 13.9. The minimum Gasteiger partial charge on any atom is -0.444 e. The van der Waals surface area contributed by atoms with Gasteiger partial charge in [0.1, 0.15) is 5.60 Å². The zero-order valence-corrected chi connectivity index (χ0v) is 13.2. The van der Waals surface area contributed by atoms with Crippen LogP contribution in [0.3, 0.4) is 0 Å². The highest BCUT2D eigenvalue weighted by molar-refractivity contribution is 5.68. The van der Waals surface area contributed by atoms with Gasteiger partial charge in [0.15, 0.2) is 11.6 Å². The van der Waals surface area contributed by atoms with Gasteiger partial charge in [-0.3, -0.25) is 0 Å². The van der Waals surface area contributed by atoms with Crippen LogP contribution in [0.1, 0.15) is 26.3 Å². The SMILES string of the molecule is CC(C)(C)OC(=O)N1CCNCC1Cc1cccc(F)c1F. The zero-order chi connectivity index (χ0) is 16.3. The van der Waals surface area contributed by atoms with Gasteiger partial charge >= 0.3 is 6.09 Å². The third-order valence-electron chi connectivity index (χ3n) is 3.47. The van der Waals surface area contributed by atoms with Gasteiger partial charge in [-0.1, -0.05) is 12.1 Å². The van der Waals surface area contributed by atoms with Gasteiger partial charge in [0.25, 0.3) is 0 Å². The standard InChI is InChI=1S/C16H22F2N2O2/c1-16(2,3)22-15(21)20-8-7-19-10-12(20)9-11-5-4-6-13(17)14(11)18/h4-6,12,19H,7-10H2,1-3H3. The Morgan fingerprint density at radius 3 is 2.82 bits per heavy atom. The fourth-order valence-corrected chi connectivity index (χ4v) is 2.46. The first-order valence-corrected chi connectivity index (χ1v) is 7.41. The van der Waals surface area contributed by atoms with Crippen LogP contribution in [0.5, 0.6) is 0 Å². The third-order valence-corrected chi connectivity index (χ3v) is 3.47. The molecule has 1 aliphatic rings. The van der Waals surface area contributed by atoms with Gasteiger partial charge in [-0.15, -0.1) is 0 Å². The normalized spacial score (nSPS) is 19.1. The van der Waals surface area contributed by atoms with E-state index >= 15 is 0 Å². The maximum absolute atomic E-state index is 13.8. The highest BCUT2D eigenvalue weighted by atomic mass is 19.2. The van der Waals surface area contributed by atoms with E-state index in [-0.39, 0.29) is 18.0 Å². The van der Waals surface area contributed by atoms with E-state index in [0.717, 1.165) is 6.07 Å². The first-order chi connectivity index (χ1) is 10.3. The number of carbonyl (C=O) groups is 1. The molecule has 4 nitrogen and oxygen atoms in total. The number of rotatable bonds is 2. The van der Waals surface area contributed by atoms with Crippen LogP contribution < -0.4 is 5.32 Å². The van der Waals surface area contributed by atoms with E-state index in [9.17, 15) is 13.6 Å².